The van der Waals surface area contributed by atoms with E-state index in [1.807, 2.05) is 42.8 Å². The lowest BCUT2D eigenvalue weighted by atomic mass is 10.0. The SMILES string of the molecule is COc1ccc2cc(C(C#N)=C(SC)SC)ccc2c1NC(C)=O. The molecule has 0 radical (unpaired) electrons. The van der Waals surface area contributed by atoms with Gasteiger partial charge in [-0.25, -0.2) is 0 Å². The Kier molecular flexibility index (Phi) is 6.18. The van der Waals surface area contributed by atoms with E-state index in [0.717, 1.165) is 20.6 Å². The van der Waals surface area contributed by atoms with Gasteiger partial charge in [0, 0.05) is 12.3 Å². The van der Waals surface area contributed by atoms with Crippen molar-refractivity contribution in [2.45, 2.75) is 6.92 Å². The molecule has 0 saturated carbocycles. The van der Waals surface area contributed by atoms with E-state index < -0.39 is 0 Å². The first-order valence-electron chi connectivity index (χ1n) is 7.16. The van der Waals surface area contributed by atoms with Crippen LogP contribution in [0.25, 0.3) is 16.3 Å². The molecule has 0 aliphatic heterocycles. The number of benzene rings is 2. The second-order valence-corrected chi connectivity index (χ2v) is 6.83. The lowest BCUT2D eigenvalue weighted by molar-refractivity contribution is -0.114. The van der Waals surface area contributed by atoms with Crippen LogP contribution in [-0.4, -0.2) is 25.5 Å². The van der Waals surface area contributed by atoms with Crippen LogP contribution in [0, 0.1) is 11.3 Å². The third-order valence-corrected chi connectivity index (χ3v) is 5.63. The minimum atomic E-state index is -0.158. The molecule has 2 aromatic rings. The van der Waals surface area contributed by atoms with Gasteiger partial charge >= 0.3 is 0 Å². The van der Waals surface area contributed by atoms with E-state index in [0.29, 0.717) is 17.0 Å². The van der Waals surface area contributed by atoms with Crippen molar-refractivity contribution < 1.29 is 9.53 Å². The highest BCUT2D eigenvalue weighted by Gasteiger charge is 2.13. The Hall–Kier alpha value is -2.10. The number of rotatable bonds is 5. The van der Waals surface area contributed by atoms with Crippen LogP contribution >= 0.6 is 23.5 Å². The average molecular weight is 358 g/mol. The summed E-state index contributed by atoms with van der Waals surface area (Å²) in [5, 5.41) is 14.2. The molecular formula is C18H18N2O2S2. The summed E-state index contributed by atoms with van der Waals surface area (Å²) >= 11 is 3.13. The molecule has 0 aliphatic rings. The van der Waals surface area contributed by atoms with Gasteiger partial charge in [-0.15, -0.1) is 23.5 Å². The topological polar surface area (TPSA) is 62.1 Å². The Morgan fingerprint density at radius 2 is 1.92 bits per heavy atom. The number of amides is 1. The summed E-state index contributed by atoms with van der Waals surface area (Å²) in [6.45, 7) is 1.46. The molecule has 0 heterocycles. The lowest BCUT2D eigenvalue weighted by Crippen LogP contribution is -2.07. The molecular weight excluding hydrogens is 340 g/mol. The number of nitrogens with one attached hydrogen (secondary N) is 1. The quantitative estimate of drug-likeness (QED) is 0.783. The third kappa shape index (κ3) is 3.69. The number of hydrogen-bond donors (Lipinski definition) is 1. The van der Waals surface area contributed by atoms with Crippen molar-refractivity contribution in [3.05, 3.63) is 40.1 Å². The van der Waals surface area contributed by atoms with E-state index in [2.05, 4.69) is 11.4 Å². The van der Waals surface area contributed by atoms with Crippen molar-refractivity contribution in [3.8, 4) is 11.8 Å². The number of anilines is 1. The van der Waals surface area contributed by atoms with Crippen molar-refractivity contribution in [2.75, 3.05) is 24.9 Å². The van der Waals surface area contributed by atoms with E-state index in [4.69, 9.17) is 4.74 Å². The Morgan fingerprint density at radius 3 is 2.46 bits per heavy atom. The Bertz CT molecular complexity index is 848. The molecule has 2 aromatic carbocycles. The molecule has 1 amide bonds. The van der Waals surface area contributed by atoms with Crippen LogP contribution < -0.4 is 10.1 Å². The molecule has 0 atom stereocenters. The fourth-order valence-corrected chi connectivity index (χ4v) is 3.86. The van der Waals surface area contributed by atoms with Gasteiger partial charge in [0.05, 0.1) is 22.6 Å². The number of nitriles is 1. The first-order valence-corrected chi connectivity index (χ1v) is 9.61. The van der Waals surface area contributed by atoms with Gasteiger partial charge in [-0.2, -0.15) is 5.26 Å². The minimum absolute atomic E-state index is 0.158. The first-order chi connectivity index (χ1) is 11.5. The highest BCUT2D eigenvalue weighted by atomic mass is 32.2. The summed E-state index contributed by atoms with van der Waals surface area (Å²) in [6.07, 6.45) is 3.92. The Balaban J connectivity index is 2.67. The van der Waals surface area contributed by atoms with Crippen LogP contribution in [-0.2, 0) is 4.79 Å². The molecule has 0 fully saturated rings. The summed E-state index contributed by atoms with van der Waals surface area (Å²) in [4.78, 5) is 11.5. The molecule has 0 spiro atoms. The average Bonchev–Trinajstić information content (AvgIpc) is 2.59. The number of nitrogens with zero attached hydrogens (tertiary/aromatic N) is 1. The highest BCUT2D eigenvalue weighted by Crippen LogP contribution is 2.37. The molecule has 4 nitrogen and oxygen atoms in total. The summed E-state index contributed by atoms with van der Waals surface area (Å²) in [5.74, 6) is 0.449. The lowest BCUT2D eigenvalue weighted by Gasteiger charge is -2.13. The number of carbonyl (C=O) groups excluding carboxylic acids is 1. The van der Waals surface area contributed by atoms with Crippen LogP contribution in [0.3, 0.4) is 0 Å². The summed E-state index contributed by atoms with van der Waals surface area (Å²) in [7, 11) is 1.57. The molecule has 0 aliphatic carbocycles. The van der Waals surface area contributed by atoms with E-state index in [1.54, 1.807) is 30.6 Å². The fraction of sp³-hybridized carbons (Fsp3) is 0.222. The number of thioether (sulfide) groups is 2. The van der Waals surface area contributed by atoms with E-state index >= 15 is 0 Å². The number of methoxy groups -OCH3 is 1. The van der Waals surface area contributed by atoms with Crippen LogP contribution in [0.4, 0.5) is 5.69 Å². The second-order valence-electron chi connectivity index (χ2n) is 4.94. The third-order valence-electron chi connectivity index (χ3n) is 3.48. The number of carbonyl (C=O) groups is 1. The van der Waals surface area contributed by atoms with E-state index in [9.17, 15) is 10.1 Å². The Morgan fingerprint density at radius 1 is 1.21 bits per heavy atom. The smallest absolute Gasteiger partial charge is 0.221 e. The molecule has 0 saturated heterocycles. The van der Waals surface area contributed by atoms with Gasteiger partial charge in [0.1, 0.15) is 11.8 Å². The first kappa shape index (κ1) is 18.2. The summed E-state index contributed by atoms with van der Waals surface area (Å²) in [5.41, 5.74) is 2.17. The zero-order valence-electron chi connectivity index (χ0n) is 14.0. The zero-order valence-corrected chi connectivity index (χ0v) is 15.6. The van der Waals surface area contributed by atoms with E-state index in [-0.39, 0.29) is 5.91 Å². The molecule has 0 unspecified atom stereocenters. The maximum atomic E-state index is 11.5. The van der Waals surface area contributed by atoms with Crippen molar-refractivity contribution in [3.63, 3.8) is 0 Å². The summed E-state index contributed by atoms with van der Waals surface area (Å²) in [6, 6.07) is 11.8. The number of allylic oxidation sites excluding steroid dienone is 1. The van der Waals surface area contributed by atoms with Crippen molar-refractivity contribution in [1.82, 2.24) is 0 Å². The largest absolute Gasteiger partial charge is 0.495 e. The van der Waals surface area contributed by atoms with Gasteiger partial charge in [0.25, 0.3) is 0 Å². The van der Waals surface area contributed by atoms with Gasteiger partial charge in [-0.05, 0) is 35.6 Å². The van der Waals surface area contributed by atoms with Crippen molar-refractivity contribution in [1.29, 1.82) is 5.26 Å². The molecule has 0 aromatic heterocycles. The maximum absolute atomic E-state index is 11.5. The summed E-state index contributed by atoms with van der Waals surface area (Å²) < 4.78 is 6.32. The number of fused-ring (bicyclic) bond motifs is 1. The van der Waals surface area contributed by atoms with Gasteiger partial charge in [0.2, 0.25) is 5.91 Å². The molecule has 124 valence electrons. The molecule has 6 heteroatoms. The van der Waals surface area contributed by atoms with Crippen LogP contribution in [0.5, 0.6) is 5.75 Å². The fourth-order valence-electron chi connectivity index (χ4n) is 2.46. The van der Waals surface area contributed by atoms with Gasteiger partial charge in [-0.1, -0.05) is 18.2 Å². The van der Waals surface area contributed by atoms with Gasteiger partial charge in [0.15, 0.2) is 0 Å². The number of ether oxygens (including phenoxy) is 1. The normalized spacial score (nSPS) is 10.1. The highest BCUT2D eigenvalue weighted by molar-refractivity contribution is 8.21. The van der Waals surface area contributed by atoms with Crippen LogP contribution in [0.15, 0.2) is 34.6 Å². The van der Waals surface area contributed by atoms with Crippen molar-refractivity contribution in [2.24, 2.45) is 0 Å². The standard InChI is InChI=1S/C18H18N2O2S2/c1-11(21)20-17-14-7-5-13(15(10-19)18(23-3)24-4)9-12(14)6-8-16(17)22-2/h5-9H,1-4H3,(H,20,21). The predicted molar refractivity (Wildman–Crippen MR) is 104 cm³/mol. The molecule has 2 rings (SSSR count). The minimum Gasteiger partial charge on any atom is -0.495 e. The van der Waals surface area contributed by atoms with Gasteiger partial charge < -0.3 is 10.1 Å². The maximum Gasteiger partial charge on any atom is 0.221 e. The zero-order chi connectivity index (χ0) is 17.7. The van der Waals surface area contributed by atoms with Gasteiger partial charge in [-0.3, -0.25) is 4.79 Å². The molecule has 24 heavy (non-hydrogen) atoms. The molecule has 0 bridgehead atoms. The van der Waals surface area contributed by atoms with Crippen molar-refractivity contribution >= 4 is 51.5 Å². The van der Waals surface area contributed by atoms with Crippen LogP contribution in [0.1, 0.15) is 12.5 Å². The van der Waals surface area contributed by atoms with Crippen LogP contribution in [0.2, 0.25) is 0 Å². The molecule has 1 N–H and O–H groups in total. The van der Waals surface area contributed by atoms with E-state index in [1.165, 1.54) is 6.92 Å². The predicted octanol–water partition coefficient (Wildman–Crippen LogP) is 4.72. The number of hydrogen-bond acceptors (Lipinski definition) is 5. The monoisotopic (exact) mass is 358 g/mol. The Labute approximate surface area is 150 Å². The second kappa shape index (κ2) is 8.13.